The second-order valence-corrected chi connectivity index (χ2v) is 4.71. The van der Waals surface area contributed by atoms with Gasteiger partial charge in [0.2, 0.25) is 0 Å². The molecule has 18 heavy (non-hydrogen) atoms. The van der Waals surface area contributed by atoms with E-state index in [4.69, 9.17) is 4.74 Å². The number of nitrogens with zero attached hydrogens (tertiary/aromatic N) is 2. The Bertz CT molecular complexity index is 400. The first-order valence-corrected chi connectivity index (χ1v) is 6.57. The van der Waals surface area contributed by atoms with Gasteiger partial charge in [0.15, 0.2) is 0 Å². The third-order valence-corrected chi connectivity index (χ3v) is 3.36. The SMILES string of the molecule is COc1ncc(CNC(C)C2=CCCCC2)cn1. The molecular weight excluding hydrogens is 226 g/mol. The number of hydrogen-bond donors (Lipinski definition) is 1. The molecule has 0 saturated carbocycles. The molecule has 98 valence electrons. The Kier molecular flexibility index (Phi) is 4.70. The summed E-state index contributed by atoms with van der Waals surface area (Å²) in [6, 6.07) is 0.856. The maximum atomic E-state index is 4.94. The second kappa shape index (κ2) is 6.50. The minimum absolute atomic E-state index is 0.418. The molecule has 1 heterocycles. The van der Waals surface area contributed by atoms with Crippen molar-refractivity contribution >= 4 is 0 Å². The second-order valence-electron chi connectivity index (χ2n) is 4.71. The van der Waals surface area contributed by atoms with Crippen LogP contribution < -0.4 is 10.1 Å². The molecular formula is C14H21N3O. The smallest absolute Gasteiger partial charge is 0.316 e. The van der Waals surface area contributed by atoms with Crippen LogP contribution in [0, 0.1) is 0 Å². The van der Waals surface area contributed by atoms with Gasteiger partial charge in [-0.3, -0.25) is 0 Å². The van der Waals surface area contributed by atoms with Gasteiger partial charge in [-0.1, -0.05) is 11.6 Å². The van der Waals surface area contributed by atoms with Crippen molar-refractivity contribution in [2.45, 2.75) is 45.2 Å². The van der Waals surface area contributed by atoms with Crippen molar-refractivity contribution in [3.8, 4) is 6.01 Å². The lowest BCUT2D eigenvalue weighted by atomic mass is 9.95. The van der Waals surface area contributed by atoms with Crippen LogP contribution in [0.2, 0.25) is 0 Å². The summed E-state index contributed by atoms with van der Waals surface area (Å²) < 4.78 is 4.94. The molecule has 0 aliphatic heterocycles. The molecule has 0 aromatic carbocycles. The van der Waals surface area contributed by atoms with Crippen LogP contribution in [0.25, 0.3) is 0 Å². The molecule has 1 aliphatic carbocycles. The Morgan fingerprint density at radius 1 is 1.33 bits per heavy atom. The molecule has 4 nitrogen and oxygen atoms in total. The van der Waals surface area contributed by atoms with E-state index in [-0.39, 0.29) is 0 Å². The van der Waals surface area contributed by atoms with Crippen molar-refractivity contribution in [2.75, 3.05) is 7.11 Å². The molecule has 1 atom stereocenters. The fourth-order valence-electron chi connectivity index (χ4n) is 2.20. The monoisotopic (exact) mass is 247 g/mol. The molecule has 1 unspecified atom stereocenters. The first-order chi connectivity index (χ1) is 8.79. The standard InChI is InChI=1S/C14H21N3O/c1-11(13-6-4-3-5-7-13)15-8-12-9-16-14(18-2)17-10-12/h6,9-11,15H,3-5,7-8H2,1-2H3. The highest BCUT2D eigenvalue weighted by molar-refractivity contribution is 5.13. The molecule has 0 bridgehead atoms. The average Bonchev–Trinajstić information content (AvgIpc) is 2.46. The molecule has 0 amide bonds. The van der Waals surface area contributed by atoms with Gasteiger partial charge >= 0.3 is 6.01 Å². The van der Waals surface area contributed by atoms with Crippen molar-refractivity contribution in [3.05, 3.63) is 29.6 Å². The zero-order valence-corrected chi connectivity index (χ0v) is 11.1. The Balaban J connectivity index is 1.84. The van der Waals surface area contributed by atoms with Crippen LogP contribution in [0.3, 0.4) is 0 Å². The van der Waals surface area contributed by atoms with E-state index in [9.17, 15) is 0 Å². The van der Waals surface area contributed by atoms with E-state index in [0.717, 1.165) is 12.1 Å². The van der Waals surface area contributed by atoms with Crippen LogP contribution in [0.1, 0.15) is 38.2 Å². The van der Waals surface area contributed by atoms with Gasteiger partial charge in [-0.25, -0.2) is 9.97 Å². The number of rotatable bonds is 5. The fraction of sp³-hybridized carbons (Fsp3) is 0.571. The predicted octanol–water partition coefficient (Wildman–Crippen LogP) is 2.46. The van der Waals surface area contributed by atoms with Gasteiger partial charge in [-0.15, -0.1) is 0 Å². The van der Waals surface area contributed by atoms with Crippen molar-refractivity contribution in [2.24, 2.45) is 0 Å². The van der Waals surface area contributed by atoms with Crippen LogP contribution in [0.15, 0.2) is 24.0 Å². The van der Waals surface area contributed by atoms with Gasteiger partial charge < -0.3 is 10.1 Å². The summed E-state index contributed by atoms with van der Waals surface area (Å²) in [5.41, 5.74) is 2.62. The minimum Gasteiger partial charge on any atom is -0.467 e. The molecule has 1 aliphatic rings. The van der Waals surface area contributed by atoms with Gasteiger partial charge in [-0.05, 0) is 32.6 Å². The van der Waals surface area contributed by atoms with Crippen LogP contribution >= 0.6 is 0 Å². The summed E-state index contributed by atoms with van der Waals surface area (Å²) in [6.45, 7) is 3.02. The van der Waals surface area contributed by atoms with Gasteiger partial charge in [0, 0.05) is 30.5 Å². The van der Waals surface area contributed by atoms with Gasteiger partial charge in [0.25, 0.3) is 0 Å². The summed E-state index contributed by atoms with van der Waals surface area (Å²) in [4.78, 5) is 8.20. The van der Waals surface area contributed by atoms with Crippen molar-refractivity contribution in [1.29, 1.82) is 0 Å². The molecule has 0 spiro atoms. The molecule has 4 heteroatoms. The van der Waals surface area contributed by atoms with E-state index < -0.39 is 0 Å². The Morgan fingerprint density at radius 3 is 2.72 bits per heavy atom. The highest BCUT2D eigenvalue weighted by Gasteiger charge is 2.11. The average molecular weight is 247 g/mol. The summed E-state index contributed by atoms with van der Waals surface area (Å²) in [7, 11) is 1.57. The maximum Gasteiger partial charge on any atom is 0.316 e. The molecule has 2 rings (SSSR count). The summed E-state index contributed by atoms with van der Waals surface area (Å²) in [6.07, 6.45) is 11.1. The van der Waals surface area contributed by atoms with Crippen LogP contribution in [-0.4, -0.2) is 23.1 Å². The largest absolute Gasteiger partial charge is 0.467 e. The van der Waals surface area contributed by atoms with Crippen LogP contribution in [0.4, 0.5) is 0 Å². The van der Waals surface area contributed by atoms with Crippen LogP contribution in [-0.2, 0) is 6.54 Å². The zero-order chi connectivity index (χ0) is 12.8. The van der Waals surface area contributed by atoms with E-state index in [2.05, 4.69) is 28.3 Å². The van der Waals surface area contributed by atoms with E-state index in [1.807, 2.05) is 0 Å². The third kappa shape index (κ3) is 3.53. The first kappa shape index (κ1) is 13.0. The van der Waals surface area contributed by atoms with Gasteiger partial charge in [0.1, 0.15) is 0 Å². The topological polar surface area (TPSA) is 47.0 Å². The molecule has 1 N–H and O–H groups in total. The normalized spacial score (nSPS) is 17.1. The predicted molar refractivity (Wildman–Crippen MR) is 71.4 cm³/mol. The summed E-state index contributed by atoms with van der Waals surface area (Å²) in [5.74, 6) is 0. The highest BCUT2D eigenvalue weighted by Crippen LogP contribution is 2.20. The van der Waals surface area contributed by atoms with Gasteiger partial charge in [0.05, 0.1) is 7.11 Å². The quantitative estimate of drug-likeness (QED) is 0.812. The lowest BCUT2D eigenvalue weighted by Gasteiger charge is -2.20. The number of methoxy groups -OCH3 is 1. The van der Waals surface area contributed by atoms with Gasteiger partial charge in [-0.2, -0.15) is 0 Å². The maximum absolute atomic E-state index is 4.94. The zero-order valence-electron chi connectivity index (χ0n) is 11.1. The lowest BCUT2D eigenvalue weighted by Crippen LogP contribution is -2.28. The van der Waals surface area contributed by atoms with Crippen LogP contribution in [0.5, 0.6) is 6.01 Å². The molecule has 1 aromatic heterocycles. The Hall–Kier alpha value is -1.42. The number of hydrogen-bond acceptors (Lipinski definition) is 4. The Morgan fingerprint density at radius 2 is 2.11 bits per heavy atom. The molecule has 0 radical (unpaired) electrons. The van der Waals surface area contributed by atoms with E-state index in [1.54, 1.807) is 19.5 Å². The third-order valence-electron chi connectivity index (χ3n) is 3.36. The fourth-order valence-corrected chi connectivity index (χ4v) is 2.20. The van der Waals surface area contributed by atoms with Crippen molar-refractivity contribution in [3.63, 3.8) is 0 Å². The first-order valence-electron chi connectivity index (χ1n) is 6.57. The van der Waals surface area contributed by atoms with E-state index in [0.29, 0.717) is 12.1 Å². The van der Waals surface area contributed by atoms with E-state index in [1.165, 1.54) is 31.3 Å². The molecule has 0 saturated heterocycles. The summed E-state index contributed by atoms with van der Waals surface area (Å²) >= 11 is 0. The van der Waals surface area contributed by atoms with Crippen molar-refractivity contribution in [1.82, 2.24) is 15.3 Å². The highest BCUT2D eigenvalue weighted by atomic mass is 16.5. The van der Waals surface area contributed by atoms with E-state index >= 15 is 0 Å². The number of nitrogens with one attached hydrogen (secondary N) is 1. The number of allylic oxidation sites excluding steroid dienone is 1. The minimum atomic E-state index is 0.418. The number of ether oxygens (including phenoxy) is 1. The molecule has 1 aromatic rings. The lowest BCUT2D eigenvalue weighted by molar-refractivity contribution is 0.379. The number of aromatic nitrogens is 2. The molecule has 0 fully saturated rings. The summed E-state index contributed by atoms with van der Waals surface area (Å²) in [5, 5.41) is 3.52. The Labute approximate surface area is 108 Å². The van der Waals surface area contributed by atoms with Crippen molar-refractivity contribution < 1.29 is 4.74 Å².